The van der Waals surface area contributed by atoms with Crippen LogP contribution in [0.25, 0.3) is 82.9 Å². The first-order valence-corrected chi connectivity index (χ1v) is 14.3. The molecule has 0 fully saturated rings. The lowest BCUT2D eigenvalue weighted by molar-refractivity contribution is 1.20. The van der Waals surface area contributed by atoms with E-state index in [9.17, 15) is 0 Å². The molecule has 0 unspecified atom stereocenters. The minimum absolute atomic E-state index is 0.917. The molecule has 5 nitrogen and oxygen atoms in total. The molecule has 0 N–H and O–H groups in total. The fourth-order valence-electron chi connectivity index (χ4n) is 6.13. The maximum atomic E-state index is 5.16. The van der Waals surface area contributed by atoms with Crippen LogP contribution in [0.3, 0.4) is 0 Å². The molecule has 4 aromatic carbocycles. The van der Waals surface area contributed by atoms with Gasteiger partial charge in [0.1, 0.15) is 5.65 Å². The normalized spacial score (nSPS) is 11.7. The molecule has 0 bridgehead atoms. The highest BCUT2D eigenvalue weighted by molar-refractivity contribution is 6.16. The van der Waals surface area contributed by atoms with Gasteiger partial charge >= 0.3 is 0 Å². The first kappa shape index (κ1) is 23.7. The Labute approximate surface area is 246 Å². The first-order chi connectivity index (χ1) is 21.3. The highest BCUT2D eigenvalue weighted by atomic mass is 15.0. The number of pyridine rings is 4. The number of aromatic nitrogens is 5. The number of hydrogen-bond donors (Lipinski definition) is 0. The van der Waals surface area contributed by atoms with Crippen molar-refractivity contribution in [1.82, 2.24) is 24.3 Å². The van der Waals surface area contributed by atoms with E-state index in [1.807, 2.05) is 36.5 Å². The van der Waals surface area contributed by atoms with Gasteiger partial charge in [-0.2, -0.15) is 0 Å². The summed E-state index contributed by atoms with van der Waals surface area (Å²) in [6, 6.07) is 41.8. The van der Waals surface area contributed by atoms with Crippen LogP contribution in [0, 0.1) is 0 Å². The van der Waals surface area contributed by atoms with Crippen molar-refractivity contribution in [2.75, 3.05) is 0 Å². The van der Waals surface area contributed by atoms with Crippen molar-refractivity contribution in [3.05, 3.63) is 140 Å². The molecule has 5 heterocycles. The van der Waals surface area contributed by atoms with Crippen molar-refractivity contribution in [1.29, 1.82) is 0 Å². The molecule has 0 radical (unpaired) electrons. The maximum Gasteiger partial charge on any atom is 0.146 e. The van der Waals surface area contributed by atoms with Crippen molar-refractivity contribution in [3.8, 4) is 33.8 Å². The molecule has 0 aliphatic rings. The van der Waals surface area contributed by atoms with Crippen molar-refractivity contribution < 1.29 is 0 Å². The highest BCUT2D eigenvalue weighted by Crippen LogP contribution is 2.36. The molecule has 43 heavy (non-hydrogen) atoms. The quantitative estimate of drug-likeness (QED) is 0.206. The van der Waals surface area contributed by atoms with Gasteiger partial charge in [-0.1, -0.05) is 97.1 Å². The molecular weight excluding hydrogens is 526 g/mol. The fraction of sp³-hybridized carbons (Fsp3) is 0. The average molecular weight is 550 g/mol. The lowest BCUT2D eigenvalue weighted by atomic mass is 9.99. The van der Waals surface area contributed by atoms with Crippen LogP contribution >= 0.6 is 0 Å². The van der Waals surface area contributed by atoms with Gasteiger partial charge in [0.25, 0.3) is 0 Å². The van der Waals surface area contributed by atoms with Crippen molar-refractivity contribution >= 4 is 49.1 Å². The van der Waals surface area contributed by atoms with Crippen molar-refractivity contribution in [2.45, 2.75) is 0 Å². The van der Waals surface area contributed by atoms with Gasteiger partial charge in [-0.15, -0.1) is 0 Å². The third kappa shape index (κ3) is 3.79. The zero-order valence-electron chi connectivity index (χ0n) is 23.0. The first-order valence-electron chi connectivity index (χ1n) is 14.3. The van der Waals surface area contributed by atoms with E-state index >= 15 is 0 Å². The van der Waals surface area contributed by atoms with Gasteiger partial charge in [0.2, 0.25) is 0 Å². The molecule has 0 aliphatic heterocycles. The second-order valence-electron chi connectivity index (χ2n) is 10.8. The topological polar surface area (TPSA) is 56.0 Å². The fourth-order valence-corrected chi connectivity index (χ4v) is 6.13. The van der Waals surface area contributed by atoms with Crippen molar-refractivity contribution in [3.63, 3.8) is 0 Å². The SMILES string of the molecule is c1ccc(-c2cn3ccc4c(-c5ccc(-c6ccc7ccc8cccnc8c7n6)cc5)nc5ccccc5c4c3n2)cc1. The van der Waals surface area contributed by atoms with E-state index in [1.165, 1.54) is 0 Å². The van der Waals surface area contributed by atoms with Crippen LogP contribution in [0.15, 0.2) is 140 Å². The summed E-state index contributed by atoms with van der Waals surface area (Å²) in [6.07, 6.45) is 6.01. The molecular formula is C38H23N5. The third-order valence-corrected chi connectivity index (χ3v) is 8.24. The minimum Gasteiger partial charge on any atom is -0.306 e. The summed E-state index contributed by atoms with van der Waals surface area (Å²) in [7, 11) is 0. The Kier molecular flexibility index (Phi) is 5.13. The van der Waals surface area contributed by atoms with Gasteiger partial charge in [0, 0.05) is 62.2 Å². The number of para-hydroxylation sites is 1. The van der Waals surface area contributed by atoms with E-state index in [0.717, 1.165) is 82.9 Å². The smallest absolute Gasteiger partial charge is 0.146 e. The second-order valence-corrected chi connectivity index (χ2v) is 10.8. The molecule has 5 aromatic heterocycles. The van der Waals surface area contributed by atoms with Gasteiger partial charge in [0.05, 0.1) is 33.6 Å². The van der Waals surface area contributed by atoms with Crippen LogP contribution in [0.5, 0.6) is 0 Å². The highest BCUT2D eigenvalue weighted by Gasteiger charge is 2.16. The van der Waals surface area contributed by atoms with Gasteiger partial charge in [-0.05, 0) is 24.3 Å². The molecule has 0 saturated heterocycles. The predicted octanol–water partition coefficient (Wildman–Crippen LogP) is 9.13. The molecule has 9 aromatic rings. The van der Waals surface area contributed by atoms with E-state index in [-0.39, 0.29) is 0 Å². The molecule has 9 rings (SSSR count). The number of imidazole rings is 1. The minimum atomic E-state index is 0.917. The van der Waals surface area contributed by atoms with Crippen LogP contribution in [0.2, 0.25) is 0 Å². The Balaban J connectivity index is 1.20. The Morgan fingerprint density at radius 2 is 1.23 bits per heavy atom. The zero-order chi connectivity index (χ0) is 28.3. The summed E-state index contributed by atoms with van der Waals surface area (Å²) in [5, 5.41) is 5.44. The zero-order valence-corrected chi connectivity index (χ0v) is 23.0. The Morgan fingerprint density at radius 3 is 2.12 bits per heavy atom. The monoisotopic (exact) mass is 549 g/mol. The summed E-state index contributed by atoms with van der Waals surface area (Å²) in [6.45, 7) is 0. The van der Waals surface area contributed by atoms with Crippen LogP contribution < -0.4 is 0 Å². The van der Waals surface area contributed by atoms with Gasteiger partial charge in [-0.25, -0.2) is 15.0 Å². The molecule has 5 heteroatoms. The van der Waals surface area contributed by atoms with E-state index in [2.05, 4.69) is 113 Å². The summed E-state index contributed by atoms with van der Waals surface area (Å²) in [4.78, 5) is 19.9. The van der Waals surface area contributed by atoms with E-state index in [1.54, 1.807) is 0 Å². The Hall–Kier alpha value is -5.94. The third-order valence-electron chi connectivity index (χ3n) is 8.24. The van der Waals surface area contributed by atoms with Gasteiger partial charge in [0.15, 0.2) is 0 Å². The Bertz CT molecular complexity index is 2500. The molecule has 0 saturated carbocycles. The summed E-state index contributed by atoms with van der Waals surface area (Å²) < 4.78 is 2.12. The Morgan fingerprint density at radius 1 is 0.488 bits per heavy atom. The standard InChI is InChI=1S/C38H23N5/c1-2-7-24(8-3-1)33-23-43-22-20-30-34(38(43)42-33)29-10-4-5-11-32(29)41-35(30)27-14-12-25(13-15-27)31-19-18-28-17-16-26-9-6-21-39-36(26)37(28)40-31/h1-23H. The molecule has 0 aliphatic carbocycles. The second kappa shape index (κ2) is 9.29. The summed E-state index contributed by atoms with van der Waals surface area (Å²) in [5.41, 5.74) is 9.71. The number of rotatable bonds is 3. The largest absolute Gasteiger partial charge is 0.306 e. The molecule has 0 amide bonds. The van der Waals surface area contributed by atoms with Crippen LogP contribution in [0.1, 0.15) is 0 Å². The average Bonchev–Trinajstić information content (AvgIpc) is 3.53. The maximum absolute atomic E-state index is 5.16. The van der Waals surface area contributed by atoms with E-state index in [4.69, 9.17) is 15.0 Å². The van der Waals surface area contributed by atoms with Crippen LogP contribution in [-0.4, -0.2) is 24.3 Å². The van der Waals surface area contributed by atoms with Crippen molar-refractivity contribution in [2.24, 2.45) is 0 Å². The number of nitrogens with zero attached hydrogens (tertiary/aromatic N) is 5. The lowest BCUT2D eigenvalue weighted by Crippen LogP contribution is -1.93. The van der Waals surface area contributed by atoms with Gasteiger partial charge < -0.3 is 4.40 Å². The number of fused-ring (bicyclic) bond motifs is 8. The molecule has 200 valence electrons. The number of benzene rings is 4. The number of hydrogen-bond acceptors (Lipinski definition) is 4. The predicted molar refractivity (Wildman–Crippen MR) is 175 cm³/mol. The van der Waals surface area contributed by atoms with Gasteiger partial charge in [-0.3, -0.25) is 4.98 Å². The van der Waals surface area contributed by atoms with E-state index < -0.39 is 0 Å². The lowest BCUT2D eigenvalue weighted by Gasteiger charge is -2.12. The van der Waals surface area contributed by atoms with Crippen LogP contribution in [-0.2, 0) is 0 Å². The summed E-state index contributed by atoms with van der Waals surface area (Å²) in [5.74, 6) is 0. The van der Waals surface area contributed by atoms with Crippen LogP contribution in [0.4, 0.5) is 0 Å². The molecule has 0 atom stereocenters. The summed E-state index contributed by atoms with van der Waals surface area (Å²) >= 11 is 0. The van der Waals surface area contributed by atoms with E-state index in [0.29, 0.717) is 0 Å². The molecule has 0 spiro atoms.